The number of aliphatic hydroxyl groups is 1. The van der Waals surface area contributed by atoms with Gasteiger partial charge in [-0.3, -0.25) is 14.5 Å². The lowest BCUT2D eigenvalue weighted by Crippen LogP contribution is -2.31. The number of amides is 1. The van der Waals surface area contributed by atoms with Crippen LogP contribution in [-0.4, -0.2) is 41.6 Å². The van der Waals surface area contributed by atoms with Gasteiger partial charge in [0.15, 0.2) is 28.1 Å². The lowest BCUT2D eigenvalue weighted by Gasteiger charge is -2.25. The maximum atomic E-state index is 13.5. The standard InChI is InChI=1S/C29H26N2O7S/c1-4-13-37-20-12-9-17(15-22(20)36-6-3)25-24(26(32)21-8-7-14-38-21)27(33)28(34)31(25)29-30-19-11-10-18(35-5-2)16-23(19)39-29/h4,7-12,14-16,25,33H,1,5-6,13H2,2-3H3. The first kappa shape index (κ1) is 26.1. The molecule has 1 unspecified atom stereocenters. The minimum atomic E-state index is -1.00. The fraction of sp³-hybridized carbons (Fsp3) is 0.207. The fourth-order valence-corrected chi connectivity index (χ4v) is 5.39. The van der Waals surface area contributed by atoms with E-state index in [2.05, 4.69) is 11.6 Å². The molecule has 2 aromatic heterocycles. The van der Waals surface area contributed by atoms with Crippen LogP contribution in [0.2, 0.25) is 0 Å². The van der Waals surface area contributed by atoms with Gasteiger partial charge < -0.3 is 23.7 Å². The van der Waals surface area contributed by atoms with E-state index in [1.54, 1.807) is 42.5 Å². The number of hydrogen-bond acceptors (Lipinski definition) is 9. The van der Waals surface area contributed by atoms with Gasteiger partial charge in [-0.15, -0.1) is 0 Å². The molecule has 1 atom stereocenters. The van der Waals surface area contributed by atoms with Crippen LogP contribution in [0.5, 0.6) is 17.2 Å². The Morgan fingerprint density at radius 3 is 2.67 bits per heavy atom. The van der Waals surface area contributed by atoms with Crippen LogP contribution >= 0.6 is 11.3 Å². The van der Waals surface area contributed by atoms with Crippen LogP contribution in [0.4, 0.5) is 5.13 Å². The zero-order valence-corrected chi connectivity index (χ0v) is 22.2. The van der Waals surface area contributed by atoms with Crippen molar-refractivity contribution in [2.45, 2.75) is 19.9 Å². The second-order valence-electron chi connectivity index (χ2n) is 8.44. The van der Waals surface area contributed by atoms with Gasteiger partial charge in [0.1, 0.15) is 12.4 Å². The number of fused-ring (bicyclic) bond motifs is 1. The van der Waals surface area contributed by atoms with E-state index in [1.807, 2.05) is 19.9 Å². The van der Waals surface area contributed by atoms with Gasteiger partial charge in [0, 0.05) is 0 Å². The quantitative estimate of drug-likeness (QED) is 0.179. The molecule has 2 aromatic carbocycles. The molecule has 1 amide bonds. The van der Waals surface area contributed by atoms with Gasteiger partial charge in [0.2, 0.25) is 5.78 Å². The van der Waals surface area contributed by atoms with Gasteiger partial charge in [0.05, 0.1) is 41.3 Å². The van der Waals surface area contributed by atoms with Crippen molar-refractivity contribution in [3.05, 3.63) is 90.1 Å². The van der Waals surface area contributed by atoms with E-state index in [0.717, 1.165) is 4.70 Å². The number of thiazole rings is 1. The van der Waals surface area contributed by atoms with E-state index >= 15 is 0 Å². The first-order valence-corrected chi connectivity index (χ1v) is 13.2. The summed E-state index contributed by atoms with van der Waals surface area (Å²) in [5, 5.41) is 11.4. The Kier molecular flexibility index (Phi) is 7.38. The number of aliphatic hydroxyl groups excluding tert-OH is 1. The predicted molar refractivity (Wildman–Crippen MR) is 147 cm³/mol. The summed E-state index contributed by atoms with van der Waals surface area (Å²) in [6.45, 7) is 8.55. The lowest BCUT2D eigenvalue weighted by molar-refractivity contribution is -0.117. The summed E-state index contributed by atoms with van der Waals surface area (Å²) in [4.78, 5) is 33.1. The maximum absolute atomic E-state index is 13.5. The van der Waals surface area contributed by atoms with Crippen molar-refractivity contribution in [2.75, 3.05) is 24.7 Å². The van der Waals surface area contributed by atoms with Gasteiger partial charge >= 0.3 is 0 Å². The number of ketones is 1. The maximum Gasteiger partial charge on any atom is 0.296 e. The van der Waals surface area contributed by atoms with Crippen molar-refractivity contribution in [3.8, 4) is 17.2 Å². The highest BCUT2D eigenvalue weighted by Crippen LogP contribution is 2.46. The van der Waals surface area contributed by atoms with Crippen molar-refractivity contribution < 1.29 is 33.3 Å². The molecular weight excluding hydrogens is 520 g/mol. The summed E-state index contributed by atoms with van der Waals surface area (Å²) in [7, 11) is 0. The molecule has 0 spiro atoms. The van der Waals surface area contributed by atoms with E-state index in [-0.39, 0.29) is 17.9 Å². The largest absolute Gasteiger partial charge is 0.503 e. The van der Waals surface area contributed by atoms with E-state index < -0.39 is 23.5 Å². The molecule has 200 valence electrons. The molecule has 1 aliphatic rings. The minimum absolute atomic E-state index is 0.00201. The highest BCUT2D eigenvalue weighted by atomic mass is 32.1. The molecule has 1 N–H and O–H groups in total. The van der Waals surface area contributed by atoms with Gasteiger partial charge in [-0.25, -0.2) is 4.98 Å². The number of Topliss-reactive ketones (excluding diaryl/α,β-unsaturated/α-hetero) is 1. The van der Waals surface area contributed by atoms with Crippen LogP contribution < -0.4 is 19.1 Å². The average molecular weight is 547 g/mol. The van der Waals surface area contributed by atoms with E-state index in [9.17, 15) is 14.7 Å². The summed E-state index contributed by atoms with van der Waals surface area (Å²) in [5.41, 5.74) is 1.05. The van der Waals surface area contributed by atoms with Crippen molar-refractivity contribution in [2.24, 2.45) is 0 Å². The smallest absolute Gasteiger partial charge is 0.296 e. The second kappa shape index (κ2) is 11.0. The van der Waals surface area contributed by atoms with Crippen molar-refractivity contribution in [1.29, 1.82) is 0 Å². The summed E-state index contributed by atoms with van der Waals surface area (Å²) < 4.78 is 23.2. The monoisotopic (exact) mass is 546 g/mol. The molecule has 0 fully saturated rings. The van der Waals surface area contributed by atoms with Crippen LogP contribution in [0.3, 0.4) is 0 Å². The topological polar surface area (TPSA) is 111 Å². The SMILES string of the molecule is C=CCOc1ccc(C2C(C(=O)c3ccco3)=C(O)C(=O)N2c2nc3ccc(OCC)cc3s2)cc1OCC. The third-order valence-corrected chi connectivity index (χ3v) is 7.02. The van der Waals surface area contributed by atoms with Gasteiger partial charge in [0.25, 0.3) is 5.91 Å². The zero-order valence-electron chi connectivity index (χ0n) is 21.4. The van der Waals surface area contributed by atoms with Crippen molar-refractivity contribution in [3.63, 3.8) is 0 Å². The Morgan fingerprint density at radius 1 is 1.13 bits per heavy atom. The number of aromatic nitrogens is 1. The summed E-state index contributed by atoms with van der Waals surface area (Å²) in [5.74, 6) is -0.445. The molecule has 0 bridgehead atoms. The van der Waals surface area contributed by atoms with Crippen LogP contribution in [-0.2, 0) is 4.79 Å². The van der Waals surface area contributed by atoms with Crippen molar-refractivity contribution in [1.82, 2.24) is 4.98 Å². The minimum Gasteiger partial charge on any atom is -0.503 e. The van der Waals surface area contributed by atoms with Crippen molar-refractivity contribution >= 4 is 38.4 Å². The van der Waals surface area contributed by atoms with Gasteiger partial charge in [-0.05, 0) is 61.9 Å². The Morgan fingerprint density at radius 2 is 1.95 bits per heavy atom. The molecular formula is C29H26N2O7S. The number of carbonyl (C=O) groups excluding carboxylic acids is 2. The molecule has 0 aliphatic carbocycles. The Balaban J connectivity index is 1.65. The number of ether oxygens (including phenoxy) is 3. The number of benzene rings is 2. The lowest BCUT2D eigenvalue weighted by atomic mass is 9.95. The van der Waals surface area contributed by atoms with Crippen LogP contribution in [0, 0.1) is 0 Å². The van der Waals surface area contributed by atoms with Crippen LogP contribution in [0.1, 0.15) is 36.0 Å². The number of anilines is 1. The molecule has 1 aliphatic heterocycles. The van der Waals surface area contributed by atoms with E-state index in [1.165, 1.54) is 28.6 Å². The molecule has 0 saturated heterocycles. The van der Waals surface area contributed by atoms with E-state index in [0.29, 0.717) is 46.7 Å². The Labute approximate surface area is 228 Å². The van der Waals surface area contributed by atoms with Crippen LogP contribution in [0.25, 0.3) is 10.2 Å². The normalized spacial score (nSPS) is 15.2. The number of hydrogen-bond donors (Lipinski definition) is 1. The Hall–Kier alpha value is -4.57. The molecule has 4 aromatic rings. The third kappa shape index (κ3) is 4.86. The number of furan rings is 1. The molecule has 3 heterocycles. The van der Waals surface area contributed by atoms with Crippen LogP contribution in [0.15, 0.2) is 83.2 Å². The fourth-order valence-electron chi connectivity index (χ4n) is 4.37. The summed E-state index contributed by atoms with van der Waals surface area (Å²) in [6, 6.07) is 12.6. The summed E-state index contributed by atoms with van der Waals surface area (Å²) in [6.07, 6.45) is 2.98. The average Bonchev–Trinajstić information content (AvgIpc) is 3.67. The Bertz CT molecular complexity index is 1570. The third-order valence-electron chi connectivity index (χ3n) is 6.00. The first-order chi connectivity index (χ1) is 19.0. The highest BCUT2D eigenvalue weighted by Gasteiger charge is 2.46. The molecule has 10 heteroatoms. The molecule has 5 rings (SSSR count). The molecule has 0 saturated carbocycles. The molecule has 0 radical (unpaired) electrons. The number of rotatable bonds is 11. The molecule has 9 nitrogen and oxygen atoms in total. The second-order valence-corrected chi connectivity index (χ2v) is 9.45. The number of nitrogens with zero attached hydrogens (tertiary/aromatic N) is 2. The zero-order chi connectivity index (χ0) is 27.5. The predicted octanol–water partition coefficient (Wildman–Crippen LogP) is 6.03. The first-order valence-electron chi connectivity index (χ1n) is 12.4. The number of carbonyl (C=O) groups is 2. The molecule has 39 heavy (non-hydrogen) atoms. The van der Waals surface area contributed by atoms with Gasteiger partial charge in [-0.2, -0.15) is 0 Å². The van der Waals surface area contributed by atoms with E-state index in [4.69, 9.17) is 18.6 Å². The summed E-state index contributed by atoms with van der Waals surface area (Å²) >= 11 is 1.25. The highest BCUT2D eigenvalue weighted by molar-refractivity contribution is 7.22. The van der Waals surface area contributed by atoms with Gasteiger partial charge in [-0.1, -0.05) is 30.1 Å².